The van der Waals surface area contributed by atoms with E-state index in [1.807, 2.05) is 39.0 Å². The number of hydrogen-bond donors (Lipinski definition) is 1. The molecule has 1 N–H and O–H groups in total. The zero-order chi connectivity index (χ0) is 25.2. The van der Waals surface area contributed by atoms with Gasteiger partial charge in [0, 0.05) is 30.1 Å². The van der Waals surface area contributed by atoms with E-state index >= 15 is 0 Å². The van der Waals surface area contributed by atoms with Crippen LogP contribution in [0.3, 0.4) is 0 Å². The largest absolute Gasteiger partial charge is 0.444 e. The molecular weight excluding hydrogens is 478 g/mol. The third-order valence-electron chi connectivity index (χ3n) is 5.61. The Morgan fingerprint density at radius 3 is 2.71 bits per heavy atom. The molecule has 0 bridgehead atoms. The molecular formula is C25H27ClF2N4O3. The summed E-state index contributed by atoms with van der Waals surface area (Å²) >= 11 is 6.09. The van der Waals surface area contributed by atoms with Crippen molar-refractivity contribution in [3.05, 3.63) is 53.3 Å². The first kappa shape index (κ1) is 24.9. The number of carbonyl (C=O) groups is 1. The van der Waals surface area contributed by atoms with Crippen LogP contribution >= 0.6 is 11.6 Å². The number of hydrogen-bond acceptors (Lipinski definition) is 6. The van der Waals surface area contributed by atoms with Crippen molar-refractivity contribution in [2.75, 3.05) is 18.4 Å². The van der Waals surface area contributed by atoms with Gasteiger partial charge in [-0.1, -0.05) is 17.7 Å². The Labute approximate surface area is 207 Å². The number of ether oxygens (including phenoxy) is 2. The number of aromatic nitrogens is 2. The maximum Gasteiger partial charge on any atom is 0.410 e. The fraction of sp³-hybridized carbons (Fsp3) is 0.400. The summed E-state index contributed by atoms with van der Waals surface area (Å²) in [6, 6.07) is 10.4. The van der Waals surface area contributed by atoms with Gasteiger partial charge in [-0.3, -0.25) is 0 Å². The molecule has 186 valence electrons. The second-order valence-electron chi connectivity index (χ2n) is 9.41. The van der Waals surface area contributed by atoms with Crippen LogP contribution in [0.5, 0.6) is 5.75 Å². The predicted octanol–water partition coefficient (Wildman–Crippen LogP) is 6.74. The highest BCUT2D eigenvalue weighted by molar-refractivity contribution is 6.32. The Kier molecular flexibility index (Phi) is 7.25. The van der Waals surface area contributed by atoms with Crippen molar-refractivity contribution >= 4 is 40.1 Å². The van der Waals surface area contributed by atoms with E-state index in [1.54, 1.807) is 11.0 Å². The third-order valence-corrected chi connectivity index (χ3v) is 5.91. The smallest absolute Gasteiger partial charge is 0.410 e. The minimum atomic E-state index is -2.96. The number of likely N-dealkylation sites (tertiary alicyclic amines) is 1. The van der Waals surface area contributed by atoms with Crippen LogP contribution in [0.1, 0.15) is 45.1 Å². The van der Waals surface area contributed by atoms with E-state index < -0.39 is 12.2 Å². The Bertz CT molecular complexity index is 1220. The highest BCUT2D eigenvalue weighted by Crippen LogP contribution is 2.34. The lowest BCUT2D eigenvalue weighted by Crippen LogP contribution is -2.42. The minimum absolute atomic E-state index is 0.0544. The maximum atomic E-state index is 12.6. The molecule has 1 aliphatic rings. The molecule has 2 aromatic carbocycles. The highest BCUT2D eigenvalue weighted by Gasteiger charge is 2.28. The molecule has 1 fully saturated rings. The highest BCUT2D eigenvalue weighted by atomic mass is 35.5. The summed E-state index contributed by atoms with van der Waals surface area (Å²) in [7, 11) is 0. The number of piperidine rings is 1. The normalized spacial score (nSPS) is 16.4. The van der Waals surface area contributed by atoms with Crippen LogP contribution in [0.4, 0.5) is 25.1 Å². The van der Waals surface area contributed by atoms with Crippen molar-refractivity contribution in [3.8, 4) is 5.75 Å². The second-order valence-corrected chi connectivity index (χ2v) is 9.82. The fourth-order valence-corrected chi connectivity index (χ4v) is 4.30. The number of halogens is 3. The molecule has 0 radical (unpaired) electrons. The molecule has 2 heterocycles. The molecule has 35 heavy (non-hydrogen) atoms. The van der Waals surface area contributed by atoms with E-state index in [-0.39, 0.29) is 22.8 Å². The predicted molar refractivity (Wildman–Crippen MR) is 131 cm³/mol. The summed E-state index contributed by atoms with van der Waals surface area (Å²) in [4.78, 5) is 23.1. The van der Waals surface area contributed by atoms with Crippen LogP contribution in [-0.4, -0.2) is 46.3 Å². The van der Waals surface area contributed by atoms with Crippen LogP contribution in [0.2, 0.25) is 5.02 Å². The van der Waals surface area contributed by atoms with Gasteiger partial charge in [0.25, 0.3) is 0 Å². The summed E-state index contributed by atoms with van der Waals surface area (Å²) in [6.45, 7) is 3.85. The van der Waals surface area contributed by atoms with Gasteiger partial charge in [-0.15, -0.1) is 0 Å². The van der Waals surface area contributed by atoms with Gasteiger partial charge in [0.2, 0.25) is 0 Å². The topological polar surface area (TPSA) is 76.6 Å². The van der Waals surface area contributed by atoms with E-state index in [2.05, 4.69) is 20.0 Å². The number of rotatable bonds is 5. The SMILES string of the molecule is CC(C)(C)OC(=O)N1CCCC(c2ccc3ncnc(Nc4ccc(OC(F)F)c(Cl)c4)c3c2)C1. The molecule has 7 nitrogen and oxygen atoms in total. The van der Waals surface area contributed by atoms with Crippen LogP contribution in [0, 0.1) is 0 Å². The van der Waals surface area contributed by atoms with E-state index in [1.165, 1.54) is 18.5 Å². The first-order valence-electron chi connectivity index (χ1n) is 11.3. The number of anilines is 2. The van der Waals surface area contributed by atoms with Crippen molar-refractivity contribution in [2.24, 2.45) is 0 Å². The molecule has 1 saturated heterocycles. The van der Waals surface area contributed by atoms with Gasteiger partial charge in [-0.2, -0.15) is 8.78 Å². The summed E-state index contributed by atoms with van der Waals surface area (Å²) in [5.41, 5.74) is 1.84. The van der Waals surface area contributed by atoms with Crippen molar-refractivity contribution in [3.63, 3.8) is 0 Å². The average Bonchev–Trinajstić information content (AvgIpc) is 2.79. The molecule has 10 heteroatoms. The standard InChI is InChI=1S/C25H27ClF2N4O3/c1-25(2,3)35-24(33)32-10-4-5-16(13-32)15-6-8-20-18(11-15)22(30-14-29-20)31-17-7-9-21(19(26)12-17)34-23(27)28/h6-9,11-12,14,16,23H,4-5,10,13H2,1-3H3,(H,29,30,31). The Hall–Kier alpha value is -3.20. The minimum Gasteiger partial charge on any atom is -0.444 e. The van der Waals surface area contributed by atoms with Gasteiger partial charge in [-0.25, -0.2) is 14.8 Å². The lowest BCUT2D eigenvalue weighted by molar-refractivity contribution is -0.0497. The van der Waals surface area contributed by atoms with Gasteiger partial charge in [0.05, 0.1) is 10.5 Å². The molecule has 1 aliphatic heterocycles. The maximum absolute atomic E-state index is 12.6. The molecule has 0 spiro atoms. The average molecular weight is 505 g/mol. The van der Waals surface area contributed by atoms with Gasteiger partial charge in [0.15, 0.2) is 0 Å². The van der Waals surface area contributed by atoms with Crippen molar-refractivity contribution in [1.82, 2.24) is 14.9 Å². The van der Waals surface area contributed by atoms with Gasteiger partial charge in [-0.05, 0) is 69.5 Å². The molecule has 1 aromatic heterocycles. The first-order chi connectivity index (χ1) is 16.6. The summed E-state index contributed by atoms with van der Waals surface area (Å²) < 4.78 is 35.0. The van der Waals surface area contributed by atoms with Gasteiger partial charge in [0.1, 0.15) is 23.5 Å². The fourth-order valence-electron chi connectivity index (χ4n) is 4.08. The third kappa shape index (κ3) is 6.28. The number of benzene rings is 2. The van der Waals surface area contributed by atoms with E-state index in [9.17, 15) is 13.6 Å². The van der Waals surface area contributed by atoms with Gasteiger partial charge >= 0.3 is 12.7 Å². The van der Waals surface area contributed by atoms with Gasteiger partial charge < -0.3 is 19.7 Å². The molecule has 4 rings (SSSR count). The van der Waals surface area contributed by atoms with Crippen LogP contribution in [-0.2, 0) is 4.74 Å². The lowest BCUT2D eigenvalue weighted by atomic mass is 9.90. The van der Waals surface area contributed by atoms with E-state index in [4.69, 9.17) is 16.3 Å². The lowest BCUT2D eigenvalue weighted by Gasteiger charge is -2.34. The van der Waals surface area contributed by atoms with Crippen molar-refractivity contribution in [1.29, 1.82) is 0 Å². The molecule has 1 atom stereocenters. The van der Waals surface area contributed by atoms with Crippen LogP contribution < -0.4 is 10.1 Å². The summed E-state index contributed by atoms with van der Waals surface area (Å²) in [5, 5.41) is 4.04. The molecule has 0 saturated carbocycles. The molecule has 1 unspecified atom stereocenters. The Balaban J connectivity index is 1.56. The van der Waals surface area contributed by atoms with Crippen LogP contribution in [0.15, 0.2) is 42.7 Å². The molecule has 0 aliphatic carbocycles. The van der Waals surface area contributed by atoms with E-state index in [0.29, 0.717) is 24.6 Å². The number of alkyl halides is 2. The quantitative estimate of drug-likeness (QED) is 0.414. The monoisotopic (exact) mass is 504 g/mol. The zero-order valence-corrected chi connectivity index (χ0v) is 20.5. The van der Waals surface area contributed by atoms with E-state index in [0.717, 1.165) is 29.3 Å². The number of amides is 1. The number of carbonyl (C=O) groups excluding carboxylic acids is 1. The van der Waals surface area contributed by atoms with Crippen molar-refractivity contribution < 1.29 is 23.0 Å². The number of nitrogens with one attached hydrogen (secondary N) is 1. The second kappa shape index (κ2) is 10.2. The number of fused-ring (bicyclic) bond motifs is 1. The Morgan fingerprint density at radius 1 is 1.20 bits per heavy atom. The zero-order valence-electron chi connectivity index (χ0n) is 19.7. The summed E-state index contributed by atoms with van der Waals surface area (Å²) in [5.74, 6) is 0.595. The van der Waals surface area contributed by atoms with Crippen molar-refractivity contribution in [2.45, 2.75) is 51.7 Å². The first-order valence-corrected chi connectivity index (χ1v) is 11.7. The Morgan fingerprint density at radius 2 is 2.00 bits per heavy atom. The molecule has 3 aromatic rings. The molecule has 1 amide bonds. The number of nitrogens with zero attached hydrogens (tertiary/aromatic N) is 3. The van der Waals surface area contributed by atoms with Crippen LogP contribution in [0.25, 0.3) is 10.9 Å². The summed E-state index contributed by atoms with van der Waals surface area (Å²) in [6.07, 6.45) is 2.97.